The minimum atomic E-state index is -0.929. The van der Waals surface area contributed by atoms with Crippen LogP contribution in [0.5, 0.6) is 0 Å². The largest absolute Gasteiger partial charge is 0.468 e. The van der Waals surface area contributed by atoms with Crippen LogP contribution >= 0.6 is 0 Å². The molecule has 0 aromatic carbocycles. The molecular weight excluding hydrogens is 184 g/mol. The van der Waals surface area contributed by atoms with E-state index in [1.807, 2.05) is 20.8 Å². The van der Waals surface area contributed by atoms with Gasteiger partial charge in [0.2, 0.25) is 6.08 Å². The van der Waals surface area contributed by atoms with Crippen molar-refractivity contribution in [3.63, 3.8) is 0 Å². The summed E-state index contributed by atoms with van der Waals surface area (Å²) >= 11 is 0. The number of aliphatic imine (C=N–C) groups is 1. The van der Waals surface area contributed by atoms with Gasteiger partial charge in [0, 0.05) is 0 Å². The highest BCUT2D eigenvalue weighted by Gasteiger charge is 2.34. The van der Waals surface area contributed by atoms with Crippen LogP contribution in [0.15, 0.2) is 4.99 Å². The van der Waals surface area contributed by atoms with Crippen molar-refractivity contribution >= 4 is 12.0 Å². The minimum Gasteiger partial charge on any atom is -0.468 e. The Kier molecular flexibility index (Phi) is 4.47. The summed E-state index contributed by atoms with van der Waals surface area (Å²) in [6.07, 6.45) is 1.42. The molecule has 0 rings (SSSR count). The Morgan fingerprint density at radius 1 is 1.50 bits per heavy atom. The Morgan fingerprint density at radius 3 is 2.29 bits per heavy atom. The zero-order chi connectivity index (χ0) is 11.4. The van der Waals surface area contributed by atoms with E-state index in [0.29, 0.717) is 0 Å². The molecule has 14 heavy (non-hydrogen) atoms. The van der Waals surface area contributed by atoms with Crippen LogP contribution in [0, 0.1) is 5.41 Å². The second kappa shape index (κ2) is 4.88. The number of hydrogen-bond acceptors (Lipinski definition) is 5. The molecule has 0 spiro atoms. The number of hydrogen-bond donors (Lipinski definition) is 1. The standard InChI is InChI=1S/C9H16N2O3/c1-9(2,3)7(11-5-12)6(10)8(13)14-4/h6-7H,10H2,1-4H3/t6-,7?/m0/s1. The molecule has 80 valence electrons. The molecule has 0 bridgehead atoms. The van der Waals surface area contributed by atoms with Gasteiger partial charge in [0.05, 0.1) is 13.2 Å². The predicted octanol–water partition coefficient (Wildman–Crippen LogP) is 0.237. The fourth-order valence-corrected chi connectivity index (χ4v) is 1.13. The zero-order valence-electron chi connectivity index (χ0n) is 8.90. The summed E-state index contributed by atoms with van der Waals surface area (Å²) in [6, 6.07) is -1.55. The molecule has 0 aromatic heterocycles. The third-order valence-corrected chi connectivity index (χ3v) is 1.89. The lowest BCUT2D eigenvalue weighted by atomic mass is 9.83. The van der Waals surface area contributed by atoms with E-state index in [-0.39, 0.29) is 5.41 Å². The van der Waals surface area contributed by atoms with Crippen LogP contribution in [0.25, 0.3) is 0 Å². The van der Waals surface area contributed by atoms with Gasteiger partial charge in [-0.3, -0.25) is 4.79 Å². The molecule has 0 fully saturated rings. The number of isocyanates is 1. The van der Waals surface area contributed by atoms with Crippen LogP contribution in [-0.4, -0.2) is 31.2 Å². The van der Waals surface area contributed by atoms with Crippen LogP contribution in [0.4, 0.5) is 0 Å². The first kappa shape index (κ1) is 12.8. The molecular formula is C9H16N2O3. The Hall–Kier alpha value is -1.19. The lowest BCUT2D eigenvalue weighted by molar-refractivity contribution is -0.143. The number of nitrogens with zero attached hydrogens (tertiary/aromatic N) is 1. The van der Waals surface area contributed by atoms with Crippen molar-refractivity contribution in [1.82, 2.24) is 0 Å². The maximum absolute atomic E-state index is 11.1. The Bertz CT molecular complexity index is 251. The van der Waals surface area contributed by atoms with Crippen LogP contribution in [0.2, 0.25) is 0 Å². The lowest BCUT2D eigenvalue weighted by Crippen LogP contribution is -2.47. The van der Waals surface area contributed by atoms with Gasteiger partial charge in [-0.25, -0.2) is 4.79 Å². The number of rotatable bonds is 3. The van der Waals surface area contributed by atoms with Gasteiger partial charge in [-0.1, -0.05) is 20.8 Å². The van der Waals surface area contributed by atoms with E-state index in [1.54, 1.807) is 0 Å². The van der Waals surface area contributed by atoms with Crippen LogP contribution < -0.4 is 5.73 Å². The third-order valence-electron chi connectivity index (χ3n) is 1.89. The summed E-state index contributed by atoms with van der Waals surface area (Å²) in [7, 11) is 1.24. The van der Waals surface area contributed by atoms with Crippen molar-refractivity contribution in [3.8, 4) is 0 Å². The molecule has 0 aliphatic heterocycles. The summed E-state index contributed by atoms with van der Waals surface area (Å²) < 4.78 is 4.48. The van der Waals surface area contributed by atoms with E-state index >= 15 is 0 Å². The number of nitrogens with two attached hydrogens (primary N) is 1. The summed E-state index contributed by atoms with van der Waals surface area (Å²) in [4.78, 5) is 24.8. The number of carbonyl (C=O) groups excluding carboxylic acids is 2. The molecule has 0 amide bonds. The second-order valence-corrected chi connectivity index (χ2v) is 4.08. The molecule has 0 saturated heterocycles. The van der Waals surface area contributed by atoms with Crippen molar-refractivity contribution in [2.45, 2.75) is 32.9 Å². The minimum absolute atomic E-state index is 0.384. The molecule has 0 radical (unpaired) electrons. The van der Waals surface area contributed by atoms with Crippen molar-refractivity contribution in [2.24, 2.45) is 16.1 Å². The Balaban J connectivity index is 4.84. The maximum atomic E-state index is 11.1. The second-order valence-electron chi connectivity index (χ2n) is 4.08. The normalized spacial score (nSPS) is 15.2. The topological polar surface area (TPSA) is 81.8 Å². The molecule has 1 unspecified atom stereocenters. The highest BCUT2D eigenvalue weighted by molar-refractivity contribution is 5.76. The smallest absolute Gasteiger partial charge is 0.324 e. The average molecular weight is 200 g/mol. The summed E-state index contributed by atoms with van der Waals surface area (Å²) in [6.45, 7) is 5.50. The molecule has 2 N–H and O–H groups in total. The van der Waals surface area contributed by atoms with E-state index < -0.39 is 18.1 Å². The van der Waals surface area contributed by atoms with Crippen molar-refractivity contribution < 1.29 is 14.3 Å². The average Bonchev–Trinajstić information content (AvgIpc) is 2.09. The molecule has 0 heterocycles. The van der Waals surface area contributed by atoms with E-state index in [4.69, 9.17) is 5.73 Å². The maximum Gasteiger partial charge on any atom is 0.324 e. The molecule has 0 saturated carbocycles. The third kappa shape index (κ3) is 3.28. The van der Waals surface area contributed by atoms with Gasteiger partial charge in [-0.05, 0) is 5.41 Å². The van der Waals surface area contributed by atoms with Gasteiger partial charge in [0.15, 0.2) is 0 Å². The first-order valence-electron chi connectivity index (χ1n) is 4.25. The predicted molar refractivity (Wildman–Crippen MR) is 51.4 cm³/mol. The van der Waals surface area contributed by atoms with Crippen molar-refractivity contribution in [1.29, 1.82) is 0 Å². The monoisotopic (exact) mass is 200 g/mol. The van der Waals surface area contributed by atoms with Crippen LogP contribution in [0.1, 0.15) is 20.8 Å². The highest BCUT2D eigenvalue weighted by atomic mass is 16.5. The lowest BCUT2D eigenvalue weighted by Gasteiger charge is -2.29. The highest BCUT2D eigenvalue weighted by Crippen LogP contribution is 2.24. The Morgan fingerprint density at radius 2 is 2.00 bits per heavy atom. The van der Waals surface area contributed by atoms with Crippen LogP contribution in [0.3, 0.4) is 0 Å². The van der Waals surface area contributed by atoms with Gasteiger partial charge in [-0.15, -0.1) is 0 Å². The molecule has 0 aliphatic carbocycles. The zero-order valence-corrected chi connectivity index (χ0v) is 8.90. The molecule has 0 aliphatic rings. The van der Waals surface area contributed by atoms with E-state index in [0.717, 1.165) is 0 Å². The van der Waals surface area contributed by atoms with Crippen molar-refractivity contribution in [3.05, 3.63) is 0 Å². The van der Waals surface area contributed by atoms with Gasteiger partial charge < -0.3 is 10.5 Å². The molecule has 5 nitrogen and oxygen atoms in total. The van der Waals surface area contributed by atoms with Gasteiger partial charge in [0.1, 0.15) is 6.04 Å². The fraction of sp³-hybridized carbons (Fsp3) is 0.778. The van der Waals surface area contributed by atoms with Gasteiger partial charge in [0.25, 0.3) is 0 Å². The van der Waals surface area contributed by atoms with Gasteiger partial charge >= 0.3 is 5.97 Å². The first-order chi connectivity index (χ1) is 6.34. The number of carbonyl (C=O) groups is 1. The molecule has 0 aromatic rings. The summed E-state index contributed by atoms with van der Waals surface area (Å²) in [5.41, 5.74) is 5.21. The van der Waals surface area contributed by atoms with Crippen LogP contribution in [-0.2, 0) is 14.3 Å². The molecule has 2 atom stereocenters. The quantitative estimate of drug-likeness (QED) is 0.402. The van der Waals surface area contributed by atoms with Gasteiger partial charge in [-0.2, -0.15) is 4.99 Å². The van der Waals surface area contributed by atoms with Crippen molar-refractivity contribution in [2.75, 3.05) is 7.11 Å². The van der Waals surface area contributed by atoms with E-state index in [1.165, 1.54) is 13.2 Å². The number of esters is 1. The van der Waals surface area contributed by atoms with E-state index in [9.17, 15) is 9.59 Å². The fourth-order valence-electron chi connectivity index (χ4n) is 1.13. The number of ether oxygens (including phenoxy) is 1. The Labute approximate surface area is 83.3 Å². The first-order valence-corrected chi connectivity index (χ1v) is 4.25. The summed E-state index contributed by atoms with van der Waals surface area (Å²) in [5, 5.41) is 0. The summed E-state index contributed by atoms with van der Waals surface area (Å²) in [5.74, 6) is -0.580. The SMILES string of the molecule is COC(=O)[C@@H](N)C(N=C=O)C(C)(C)C. The van der Waals surface area contributed by atoms with E-state index in [2.05, 4.69) is 9.73 Å². The molecule has 5 heteroatoms. The number of methoxy groups -OCH3 is 1.